The SMILES string of the molecule is CC(C)c1cc(C(C)C)c(B2c3ccc(-n4c5ccccc5c5ccc6c(c7ccccc7n6-c6ccccc6)c54)cc3Sc3cc(-n4c5ccccc5c5ccc6c(c7ccccc7n6-c6ccccc6)c54)ccc32)c(C(C)C)c1. The minimum absolute atomic E-state index is 0.0118. The van der Waals surface area contributed by atoms with Gasteiger partial charge in [-0.15, -0.1) is 0 Å². The Kier molecular flexibility index (Phi) is 10.8. The van der Waals surface area contributed by atoms with Gasteiger partial charge in [-0.1, -0.05) is 215 Å². The molecule has 0 saturated heterocycles. The maximum atomic E-state index is 2.57. The topological polar surface area (TPSA) is 19.7 Å². The van der Waals surface area contributed by atoms with E-state index in [9.17, 15) is 0 Å². The first-order valence-electron chi connectivity index (χ1n) is 28.9. The second-order valence-corrected chi connectivity index (χ2v) is 24.4. The van der Waals surface area contributed by atoms with Crippen molar-refractivity contribution in [2.24, 2.45) is 0 Å². The summed E-state index contributed by atoms with van der Waals surface area (Å²) in [5.74, 6) is 1.07. The first kappa shape index (κ1) is 48.0. The lowest BCUT2D eigenvalue weighted by Crippen LogP contribution is -2.57. The molecule has 0 bridgehead atoms. The molecule has 81 heavy (non-hydrogen) atoms. The predicted molar refractivity (Wildman–Crippen MR) is 348 cm³/mol. The molecular formula is C75H59BN4S. The van der Waals surface area contributed by atoms with E-state index in [4.69, 9.17) is 0 Å². The van der Waals surface area contributed by atoms with Crippen LogP contribution in [0.15, 0.2) is 240 Å². The highest BCUT2D eigenvalue weighted by Gasteiger charge is 2.37. The Morgan fingerprint density at radius 2 is 0.691 bits per heavy atom. The van der Waals surface area contributed by atoms with Crippen LogP contribution in [0.25, 0.3) is 110 Å². The van der Waals surface area contributed by atoms with Gasteiger partial charge >= 0.3 is 0 Å². The Labute approximate surface area is 476 Å². The minimum Gasteiger partial charge on any atom is -0.309 e. The molecule has 0 spiro atoms. The van der Waals surface area contributed by atoms with Crippen LogP contribution in [0.2, 0.25) is 0 Å². The van der Waals surface area contributed by atoms with E-state index in [1.54, 1.807) is 0 Å². The van der Waals surface area contributed by atoms with Gasteiger partial charge in [-0.3, -0.25) is 0 Å². The fraction of sp³-hybridized carbons (Fsp3) is 0.120. The van der Waals surface area contributed by atoms with Crippen LogP contribution >= 0.6 is 11.8 Å². The van der Waals surface area contributed by atoms with Crippen LogP contribution in [-0.2, 0) is 0 Å². The second kappa shape index (κ2) is 18.3. The summed E-state index contributed by atoms with van der Waals surface area (Å²) in [4.78, 5) is 2.58. The lowest BCUT2D eigenvalue weighted by atomic mass is 9.34. The van der Waals surface area contributed by atoms with E-state index in [0.29, 0.717) is 17.8 Å². The van der Waals surface area contributed by atoms with Gasteiger partial charge in [0.25, 0.3) is 0 Å². The van der Waals surface area contributed by atoms with E-state index in [1.165, 1.54) is 130 Å². The van der Waals surface area contributed by atoms with Gasteiger partial charge in [-0.25, -0.2) is 0 Å². The van der Waals surface area contributed by atoms with Gasteiger partial charge in [-0.2, -0.15) is 0 Å². The van der Waals surface area contributed by atoms with Gasteiger partial charge in [0.15, 0.2) is 0 Å². The van der Waals surface area contributed by atoms with Crippen LogP contribution in [0.1, 0.15) is 76.0 Å². The van der Waals surface area contributed by atoms with E-state index in [0.717, 1.165) is 22.7 Å². The Morgan fingerprint density at radius 1 is 0.309 bits per heavy atom. The van der Waals surface area contributed by atoms with E-state index in [2.05, 4.69) is 290 Å². The van der Waals surface area contributed by atoms with Crippen molar-refractivity contribution < 1.29 is 0 Å². The van der Waals surface area contributed by atoms with Crippen LogP contribution in [-0.4, -0.2) is 25.0 Å². The fourth-order valence-electron chi connectivity index (χ4n) is 14.2. The minimum atomic E-state index is 0.0118. The maximum absolute atomic E-state index is 2.57. The highest BCUT2D eigenvalue weighted by atomic mass is 32.2. The molecule has 6 heteroatoms. The van der Waals surface area contributed by atoms with Gasteiger partial charge in [-0.05, 0) is 119 Å². The molecule has 11 aromatic carbocycles. The zero-order valence-corrected chi connectivity index (χ0v) is 47.3. The van der Waals surface area contributed by atoms with Crippen LogP contribution in [0.4, 0.5) is 0 Å². The molecule has 0 unspecified atom stereocenters. The fourth-order valence-corrected chi connectivity index (χ4v) is 15.4. The molecule has 388 valence electrons. The molecule has 0 atom stereocenters. The van der Waals surface area contributed by atoms with E-state index in [1.807, 2.05) is 11.8 Å². The first-order chi connectivity index (χ1) is 39.7. The smallest absolute Gasteiger partial charge is 0.244 e. The van der Waals surface area contributed by atoms with Gasteiger partial charge < -0.3 is 18.3 Å². The number of hydrogen-bond acceptors (Lipinski definition) is 1. The third-order valence-corrected chi connectivity index (χ3v) is 18.9. The number of hydrogen-bond donors (Lipinski definition) is 0. The van der Waals surface area contributed by atoms with Crippen molar-refractivity contribution in [3.63, 3.8) is 0 Å². The van der Waals surface area contributed by atoms with Crippen molar-refractivity contribution in [1.82, 2.24) is 18.3 Å². The lowest BCUT2D eigenvalue weighted by Gasteiger charge is -2.32. The standard InChI is InChI=1S/C75H59BN4S/c1-45(2)48-41-59(46(3)4)73(60(42-48)47(5)6)76-61-37-33-51(79-63-29-17-13-25-53(63)55-35-39-67-71(74(55)79)57-27-15-19-31-65(57)77(67)49-21-9-7-10-22-49)43-69(61)81-70-44-52(34-38-62(70)76)80-64-30-18-14-26-54(64)56-36-40-68-72(75(56)80)58-28-16-20-32-66(58)78(68)50-23-11-8-12-24-50/h7-47H,1-6H3. The quantitative estimate of drug-likeness (QED) is 0.139. The molecule has 16 rings (SSSR count). The number of para-hydroxylation sites is 6. The van der Waals surface area contributed by atoms with Crippen molar-refractivity contribution >= 4 is 122 Å². The molecule has 0 aliphatic carbocycles. The van der Waals surface area contributed by atoms with Gasteiger partial charge in [0.2, 0.25) is 6.71 Å². The summed E-state index contributed by atoms with van der Waals surface area (Å²) in [5.41, 5.74) is 22.9. The molecule has 4 nitrogen and oxygen atoms in total. The Balaban J connectivity index is 0.974. The summed E-state index contributed by atoms with van der Waals surface area (Å²) < 4.78 is 10.0. The molecule has 0 amide bonds. The highest BCUT2D eigenvalue weighted by Crippen LogP contribution is 2.46. The predicted octanol–water partition coefficient (Wildman–Crippen LogP) is 18.4. The molecule has 0 radical (unpaired) electrons. The summed E-state index contributed by atoms with van der Waals surface area (Å²) in [6.45, 7) is 14.3. The molecule has 0 N–H and O–H groups in total. The molecule has 0 fully saturated rings. The summed E-state index contributed by atoms with van der Waals surface area (Å²) >= 11 is 1.94. The van der Waals surface area contributed by atoms with Crippen molar-refractivity contribution in [3.8, 4) is 22.7 Å². The zero-order chi connectivity index (χ0) is 54.4. The van der Waals surface area contributed by atoms with Gasteiger partial charge in [0.1, 0.15) is 0 Å². The average molecular weight is 1060 g/mol. The number of nitrogens with zero attached hydrogens (tertiary/aromatic N) is 4. The van der Waals surface area contributed by atoms with Crippen LogP contribution in [0.3, 0.4) is 0 Å². The van der Waals surface area contributed by atoms with Crippen molar-refractivity contribution in [2.45, 2.75) is 69.1 Å². The summed E-state index contributed by atoms with van der Waals surface area (Å²) in [6.07, 6.45) is 0. The molecule has 5 heterocycles. The largest absolute Gasteiger partial charge is 0.309 e. The van der Waals surface area contributed by atoms with Crippen LogP contribution in [0.5, 0.6) is 0 Å². The molecule has 1 aliphatic rings. The highest BCUT2D eigenvalue weighted by molar-refractivity contribution is 8.00. The molecular weight excluding hydrogens is 1000 g/mol. The van der Waals surface area contributed by atoms with Gasteiger partial charge in [0.05, 0.1) is 44.1 Å². The van der Waals surface area contributed by atoms with E-state index in [-0.39, 0.29) is 6.71 Å². The average Bonchev–Trinajstić information content (AvgIpc) is 3.06. The monoisotopic (exact) mass is 1060 g/mol. The zero-order valence-electron chi connectivity index (χ0n) is 46.4. The molecule has 0 saturated carbocycles. The van der Waals surface area contributed by atoms with Crippen LogP contribution in [0, 0.1) is 0 Å². The number of aromatic nitrogens is 4. The molecule has 1 aliphatic heterocycles. The maximum Gasteiger partial charge on any atom is 0.244 e. The number of fused-ring (bicyclic) bond motifs is 16. The van der Waals surface area contributed by atoms with Crippen molar-refractivity contribution in [1.29, 1.82) is 0 Å². The lowest BCUT2D eigenvalue weighted by molar-refractivity contribution is 0.812. The Hall–Kier alpha value is -8.97. The third-order valence-electron chi connectivity index (χ3n) is 17.8. The third kappa shape index (κ3) is 7.06. The first-order valence-corrected chi connectivity index (χ1v) is 29.7. The van der Waals surface area contributed by atoms with Crippen LogP contribution < -0.4 is 16.4 Å². The second-order valence-electron chi connectivity index (χ2n) is 23.3. The summed E-state index contributed by atoms with van der Waals surface area (Å²) in [6, 6.07) is 87.0. The summed E-state index contributed by atoms with van der Waals surface area (Å²) in [5, 5.41) is 10.1. The van der Waals surface area contributed by atoms with E-state index < -0.39 is 0 Å². The number of rotatable bonds is 8. The molecule has 4 aromatic heterocycles. The Bertz CT molecular complexity index is 4760. The van der Waals surface area contributed by atoms with Gasteiger partial charge in [0, 0.05) is 75.6 Å². The number of benzene rings is 11. The van der Waals surface area contributed by atoms with Crippen molar-refractivity contribution in [3.05, 3.63) is 247 Å². The molecule has 15 aromatic rings. The Morgan fingerprint density at radius 3 is 1.10 bits per heavy atom. The summed E-state index contributed by atoms with van der Waals surface area (Å²) in [7, 11) is 0. The van der Waals surface area contributed by atoms with Crippen molar-refractivity contribution in [2.75, 3.05) is 0 Å². The normalized spacial score (nSPS) is 12.8. The van der Waals surface area contributed by atoms with E-state index >= 15 is 0 Å².